The van der Waals surface area contributed by atoms with Crippen molar-refractivity contribution in [3.63, 3.8) is 0 Å². The molecule has 1 rings (SSSR count). The highest BCUT2D eigenvalue weighted by atomic mass is 16.5. The highest BCUT2D eigenvalue weighted by Gasteiger charge is 2.39. The van der Waals surface area contributed by atoms with Crippen molar-refractivity contribution in [2.75, 3.05) is 13.7 Å². The fourth-order valence-electron chi connectivity index (χ4n) is 1.86. The lowest BCUT2D eigenvalue weighted by atomic mass is 10.1. The van der Waals surface area contributed by atoms with Crippen molar-refractivity contribution in [2.24, 2.45) is 11.8 Å². The molecule has 0 aromatic carbocycles. The molecule has 1 saturated carbocycles. The Morgan fingerprint density at radius 2 is 2.18 bits per heavy atom. The Kier molecular flexibility index (Phi) is 2.87. The Balaban J connectivity index is 2.57. The minimum atomic E-state index is -0.405. The zero-order chi connectivity index (χ0) is 8.43. The normalized spacial score (nSPS) is 44.7. The van der Waals surface area contributed by atoms with Gasteiger partial charge in [-0.3, -0.25) is 0 Å². The molecule has 0 aromatic heterocycles. The molecule has 0 aromatic rings. The van der Waals surface area contributed by atoms with Crippen molar-refractivity contribution in [1.82, 2.24) is 0 Å². The zero-order valence-corrected chi connectivity index (χ0v) is 7.03. The van der Waals surface area contributed by atoms with E-state index in [4.69, 9.17) is 9.84 Å². The van der Waals surface area contributed by atoms with Gasteiger partial charge in [0.1, 0.15) is 0 Å². The molecule has 0 spiro atoms. The molecule has 1 fully saturated rings. The van der Waals surface area contributed by atoms with Gasteiger partial charge < -0.3 is 14.9 Å². The van der Waals surface area contributed by atoms with Crippen LogP contribution in [0, 0.1) is 11.8 Å². The Morgan fingerprint density at radius 1 is 1.55 bits per heavy atom. The monoisotopic (exact) mass is 160 g/mol. The maximum absolute atomic E-state index is 9.52. The van der Waals surface area contributed by atoms with E-state index >= 15 is 0 Å². The van der Waals surface area contributed by atoms with Gasteiger partial charge in [0.15, 0.2) is 0 Å². The van der Waals surface area contributed by atoms with E-state index < -0.39 is 6.10 Å². The van der Waals surface area contributed by atoms with Gasteiger partial charge >= 0.3 is 0 Å². The van der Waals surface area contributed by atoms with Gasteiger partial charge in [0.05, 0.1) is 12.2 Å². The summed E-state index contributed by atoms with van der Waals surface area (Å²) in [5.41, 5.74) is 0. The molecule has 0 bridgehead atoms. The van der Waals surface area contributed by atoms with E-state index in [1.54, 1.807) is 7.11 Å². The van der Waals surface area contributed by atoms with Gasteiger partial charge in [-0.1, -0.05) is 6.92 Å². The minimum absolute atomic E-state index is 0.111. The summed E-state index contributed by atoms with van der Waals surface area (Å²) in [6, 6.07) is 0. The van der Waals surface area contributed by atoms with E-state index in [1.807, 2.05) is 6.92 Å². The third kappa shape index (κ3) is 1.55. The first-order chi connectivity index (χ1) is 5.20. The molecule has 1 aliphatic rings. The molecule has 0 heterocycles. The van der Waals surface area contributed by atoms with Gasteiger partial charge in [0, 0.05) is 19.6 Å². The van der Waals surface area contributed by atoms with Gasteiger partial charge in [-0.2, -0.15) is 0 Å². The van der Waals surface area contributed by atoms with Crippen molar-refractivity contribution in [3.05, 3.63) is 0 Å². The van der Waals surface area contributed by atoms with Gasteiger partial charge in [-0.25, -0.2) is 0 Å². The molecule has 4 atom stereocenters. The zero-order valence-electron chi connectivity index (χ0n) is 7.03. The van der Waals surface area contributed by atoms with Crippen LogP contribution in [-0.2, 0) is 4.74 Å². The predicted octanol–water partition coefficient (Wildman–Crippen LogP) is 0.0106. The first kappa shape index (κ1) is 8.97. The highest BCUT2D eigenvalue weighted by molar-refractivity contribution is 4.89. The van der Waals surface area contributed by atoms with Gasteiger partial charge in [-0.05, 0) is 12.3 Å². The molecule has 0 amide bonds. The van der Waals surface area contributed by atoms with Crippen LogP contribution in [0.25, 0.3) is 0 Å². The third-order valence-electron chi connectivity index (χ3n) is 2.57. The van der Waals surface area contributed by atoms with Gasteiger partial charge in [-0.15, -0.1) is 0 Å². The fourth-order valence-corrected chi connectivity index (χ4v) is 1.86. The van der Waals surface area contributed by atoms with E-state index in [1.165, 1.54) is 0 Å². The van der Waals surface area contributed by atoms with Crippen LogP contribution in [0.5, 0.6) is 0 Å². The van der Waals surface area contributed by atoms with Crippen LogP contribution in [0.1, 0.15) is 13.3 Å². The lowest BCUT2D eigenvalue weighted by Gasteiger charge is -2.18. The van der Waals surface area contributed by atoms with Crippen molar-refractivity contribution in [1.29, 1.82) is 0 Å². The van der Waals surface area contributed by atoms with Gasteiger partial charge in [0.25, 0.3) is 0 Å². The lowest BCUT2D eigenvalue weighted by Crippen LogP contribution is -2.30. The summed E-state index contributed by atoms with van der Waals surface area (Å²) in [6.07, 6.45) is 0.281. The Morgan fingerprint density at radius 3 is 2.55 bits per heavy atom. The molecule has 0 saturated heterocycles. The quantitative estimate of drug-likeness (QED) is 0.598. The third-order valence-corrected chi connectivity index (χ3v) is 2.57. The molecule has 3 heteroatoms. The molecule has 66 valence electrons. The number of aliphatic hydroxyl groups is 2. The number of aliphatic hydroxyl groups excluding tert-OH is 2. The number of hydrogen-bond acceptors (Lipinski definition) is 3. The second-order valence-corrected chi connectivity index (χ2v) is 3.35. The largest absolute Gasteiger partial charge is 0.396 e. The summed E-state index contributed by atoms with van der Waals surface area (Å²) in [5, 5.41) is 18.4. The van der Waals surface area contributed by atoms with Crippen LogP contribution in [0.4, 0.5) is 0 Å². The van der Waals surface area contributed by atoms with Crippen molar-refractivity contribution in [2.45, 2.75) is 25.6 Å². The second-order valence-electron chi connectivity index (χ2n) is 3.35. The summed E-state index contributed by atoms with van der Waals surface area (Å²) >= 11 is 0. The lowest BCUT2D eigenvalue weighted by molar-refractivity contribution is -0.0324. The van der Waals surface area contributed by atoms with Gasteiger partial charge in [0.2, 0.25) is 0 Å². The summed E-state index contributed by atoms with van der Waals surface area (Å²) in [7, 11) is 1.58. The average molecular weight is 160 g/mol. The summed E-state index contributed by atoms with van der Waals surface area (Å²) < 4.78 is 5.09. The van der Waals surface area contributed by atoms with Crippen molar-refractivity contribution >= 4 is 0 Å². The van der Waals surface area contributed by atoms with E-state index in [2.05, 4.69) is 0 Å². The fraction of sp³-hybridized carbons (Fsp3) is 1.00. The number of methoxy groups -OCH3 is 1. The summed E-state index contributed by atoms with van der Waals surface area (Å²) in [6.45, 7) is 2.09. The Bertz CT molecular complexity index is 127. The molecular formula is C8H16O3. The standard InChI is InChI=1S/C8H16O3/c1-5-3-6(4-9)8(11-2)7(5)10/h5-10H,3-4H2,1-2H3/t5-,6-,7+,8-/m1/s1. The van der Waals surface area contributed by atoms with Crippen LogP contribution in [0.15, 0.2) is 0 Å². The SMILES string of the molecule is CO[C@@H]1[C@@H](CO)C[C@@H](C)[C@@H]1O. The first-order valence-corrected chi connectivity index (χ1v) is 4.02. The van der Waals surface area contributed by atoms with Crippen molar-refractivity contribution < 1.29 is 14.9 Å². The molecule has 2 N–H and O–H groups in total. The number of rotatable bonds is 2. The maximum atomic E-state index is 9.52. The number of ether oxygens (including phenoxy) is 1. The minimum Gasteiger partial charge on any atom is -0.396 e. The van der Waals surface area contributed by atoms with E-state index in [0.29, 0.717) is 0 Å². The highest BCUT2D eigenvalue weighted by Crippen LogP contribution is 2.32. The molecular weight excluding hydrogens is 144 g/mol. The molecule has 0 aliphatic heterocycles. The number of hydrogen-bond donors (Lipinski definition) is 2. The van der Waals surface area contributed by atoms with E-state index in [9.17, 15) is 5.11 Å². The molecule has 0 radical (unpaired) electrons. The Labute approximate surface area is 67.0 Å². The Hall–Kier alpha value is -0.120. The van der Waals surface area contributed by atoms with Crippen LogP contribution in [0.3, 0.4) is 0 Å². The smallest absolute Gasteiger partial charge is 0.0882 e. The van der Waals surface area contributed by atoms with E-state index in [0.717, 1.165) is 6.42 Å². The topological polar surface area (TPSA) is 49.7 Å². The molecule has 3 nitrogen and oxygen atoms in total. The van der Waals surface area contributed by atoms with Crippen LogP contribution < -0.4 is 0 Å². The van der Waals surface area contributed by atoms with Crippen LogP contribution in [-0.4, -0.2) is 36.1 Å². The van der Waals surface area contributed by atoms with Crippen LogP contribution >= 0.6 is 0 Å². The average Bonchev–Trinajstić information content (AvgIpc) is 2.28. The molecule has 11 heavy (non-hydrogen) atoms. The van der Waals surface area contributed by atoms with E-state index in [-0.39, 0.29) is 24.5 Å². The van der Waals surface area contributed by atoms with Crippen LogP contribution in [0.2, 0.25) is 0 Å². The predicted molar refractivity (Wildman–Crippen MR) is 41.2 cm³/mol. The summed E-state index contributed by atoms with van der Waals surface area (Å²) in [5.74, 6) is 0.363. The first-order valence-electron chi connectivity index (χ1n) is 4.02. The second kappa shape index (κ2) is 3.52. The van der Waals surface area contributed by atoms with Crippen molar-refractivity contribution in [3.8, 4) is 0 Å². The maximum Gasteiger partial charge on any atom is 0.0882 e. The molecule has 1 aliphatic carbocycles. The summed E-state index contributed by atoms with van der Waals surface area (Å²) in [4.78, 5) is 0. The molecule has 0 unspecified atom stereocenters.